The van der Waals surface area contributed by atoms with Crippen LogP contribution >= 0.6 is 0 Å². The topological polar surface area (TPSA) is 12.0 Å². The van der Waals surface area contributed by atoms with Gasteiger partial charge < -0.3 is 5.32 Å². The molecule has 0 bridgehead atoms. The smallest absolute Gasteiger partial charge is 0.0101 e. The Balaban J connectivity index is 1.84. The molecule has 62 valence electrons. The molecule has 3 fully saturated rings. The highest BCUT2D eigenvalue weighted by molar-refractivity contribution is 5.02. The van der Waals surface area contributed by atoms with E-state index in [0.29, 0.717) is 0 Å². The summed E-state index contributed by atoms with van der Waals surface area (Å²) in [6.07, 6.45) is 8.98. The molecule has 1 heterocycles. The molecule has 1 heteroatoms. The zero-order valence-corrected chi connectivity index (χ0v) is 7.05. The van der Waals surface area contributed by atoms with Gasteiger partial charge in [0.15, 0.2) is 0 Å². The molecule has 1 nitrogen and oxygen atoms in total. The molecular formula is C10H17N. The normalized spacial score (nSPS) is 54.5. The van der Waals surface area contributed by atoms with Crippen LogP contribution in [-0.2, 0) is 0 Å². The average Bonchev–Trinajstić information content (AvgIpc) is 2.52. The van der Waals surface area contributed by atoms with Gasteiger partial charge in [-0.05, 0) is 37.5 Å². The van der Waals surface area contributed by atoms with Crippen LogP contribution in [0.1, 0.15) is 38.5 Å². The highest BCUT2D eigenvalue weighted by atomic mass is 15.0. The molecular weight excluding hydrogens is 134 g/mol. The van der Waals surface area contributed by atoms with Crippen molar-refractivity contribution in [1.82, 2.24) is 5.32 Å². The molecule has 1 aliphatic heterocycles. The van der Waals surface area contributed by atoms with Crippen molar-refractivity contribution in [2.24, 2.45) is 11.8 Å². The van der Waals surface area contributed by atoms with Gasteiger partial charge in [0.25, 0.3) is 0 Å². The van der Waals surface area contributed by atoms with E-state index in [1.54, 1.807) is 0 Å². The fourth-order valence-electron chi connectivity index (χ4n) is 3.69. The summed E-state index contributed by atoms with van der Waals surface area (Å²) in [4.78, 5) is 0. The minimum absolute atomic E-state index is 0.935. The van der Waals surface area contributed by atoms with Crippen LogP contribution in [-0.4, -0.2) is 12.1 Å². The first-order valence-electron chi connectivity index (χ1n) is 5.21. The zero-order valence-electron chi connectivity index (χ0n) is 7.05. The average molecular weight is 151 g/mol. The Labute approximate surface area is 68.6 Å². The Morgan fingerprint density at radius 1 is 0.727 bits per heavy atom. The Hall–Kier alpha value is -0.0400. The van der Waals surface area contributed by atoms with Crippen LogP contribution in [0.2, 0.25) is 0 Å². The number of hydrogen-bond donors (Lipinski definition) is 1. The molecule has 0 aromatic carbocycles. The predicted molar refractivity (Wildman–Crippen MR) is 45.4 cm³/mol. The van der Waals surface area contributed by atoms with Crippen LogP contribution < -0.4 is 5.32 Å². The van der Waals surface area contributed by atoms with Gasteiger partial charge in [0, 0.05) is 12.1 Å². The molecule has 11 heavy (non-hydrogen) atoms. The van der Waals surface area contributed by atoms with E-state index in [1.807, 2.05) is 0 Å². The van der Waals surface area contributed by atoms with Crippen molar-refractivity contribution in [2.75, 3.05) is 0 Å². The lowest BCUT2D eigenvalue weighted by atomic mass is 9.90. The molecule has 0 aromatic rings. The van der Waals surface area contributed by atoms with E-state index in [4.69, 9.17) is 0 Å². The fraction of sp³-hybridized carbons (Fsp3) is 1.00. The summed E-state index contributed by atoms with van der Waals surface area (Å²) in [7, 11) is 0. The van der Waals surface area contributed by atoms with Crippen LogP contribution in [0.25, 0.3) is 0 Å². The third-order valence-corrected chi connectivity index (χ3v) is 4.12. The molecule has 3 aliphatic rings. The van der Waals surface area contributed by atoms with Gasteiger partial charge in [-0.1, -0.05) is 12.8 Å². The van der Waals surface area contributed by atoms with E-state index in [0.717, 1.165) is 23.9 Å². The third-order valence-electron chi connectivity index (χ3n) is 4.12. The van der Waals surface area contributed by atoms with Crippen LogP contribution in [0.4, 0.5) is 0 Å². The van der Waals surface area contributed by atoms with E-state index in [9.17, 15) is 0 Å². The van der Waals surface area contributed by atoms with Crippen molar-refractivity contribution >= 4 is 0 Å². The van der Waals surface area contributed by atoms with Crippen molar-refractivity contribution in [1.29, 1.82) is 0 Å². The number of hydrogen-bond acceptors (Lipinski definition) is 1. The van der Waals surface area contributed by atoms with Gasteiger partial charge in [-0.3, -0.25) is 0 Å². The van der Waals surface area contributed by atoms with Crippen molar-refractivity contribution < 1.29 is 0 Å². The summed E-state index contributed by atoms with van der Waals surface area (Å²) in [6.45, 7) is 0. The second-order valence-corrected chi connectivity index (χ2v) is 4.57. The highest BCUT2D eigenvalue weighted by Gasteiger charge is 2.46. The largest absolute Gasteiger partial charge is 0.311 e. The SMILES string of the molecule is C1CC2N[C@@H]3CCC[C@@H]3C2C1. The maximum Gasteiger partial charge on any atom is 0.0101 e. The first kappa shape index (κ1) is 6.47. The lowest BCUT2D eigenvalue weighted by Gasteiger charge is -2.14. The summed E-state index contributed by atoms with van der Waals surface area (Å²) in [5.74, 6) is 2.17. The van der Waals surface area contributed by atoms with Gasteiger partial charge in [0.1, 0.15) is 0 Å². The van der Waals surface area contributed by atoms with E-state index in [-0.39, 0.29) is 0 Å². The summed E-state index contributed by atoms with van der Waals surface area (Å²) >= 11 is 0. The minimum atomic E-state index is 0.935. The summed E-state index contributed by atoms with van der Waals surface area (Å²) in [5, 5.41) is 3.81. The second kappa shape index (κ2) is 2.22. The molecule has 0 aromatic heterocycles. The van der Waals surface area contributed by atoms with Crippen LogP contribution in [0.5, 0.6) is 0 Å². The van der Waals surface area contributed by atoms with Crippen molar-refractivity contribution in [3.05, 3.63) is 0 Å². The van der Waals surface area contributed by atoms with E-state index >= 15 is 0 Å². The highest BCUT2D eigenvalue weighted by Crippen LogP contribution is 2.45. The van der Waals surface area contributed by atoms with Crippen LogP contribution in [0.3, 0.4) is 0 Å². The predicted octanol–water partition coefficient (Wildman–Crippen LogP) is 1.93. The lowest BCUT2D eigenvalue weighted by molar-refractivity contribution is 0.384. The molecule has 0 spiro atoms. The van der Waals surface area contributed by atoms with Gasteiger partial charge >= 0.3 is 0 Å². The summed E-state index contributed by atoms with van der Waals surface area (Å²) in [6, 6.07) is 1.87. The van der Waals surface area contributed by atoms with Crippen molar-refractivity contribution in [3.63, 3.8) is 0 Å². The lowest BCUT2D eigenvalue weighted by Crippen LogP contribution is -2.28. The number of rotatable bonds is 0. The standard InChI is InChI=1S/C10H17N/c1-3-7-8-4-2-6-10(8)11-9(7)5-1/h7-11H,1-6H2/t7-,8?,9-,10?/m1/s1. The second-order valence-electron chi connectivity index (χ2n) is 4.57. The van der Waals surface area contributed by atoms with E-state index in [1.165, 1.54) is 38.5 Å². The summed E-state index contributed by atoms with van der Waals surface area (Å²) < 4.78 is 0. The number of nitrogens with one attached hydrogen (secondary N) is 1. The molecule has 2 saturated carbocycles. The Morgan fingerprint density at radius 3 is 1.82 bits per heavy atom. The quantitative estimate of drug-likeness (QED) is 0.558. The zero-order chi connectivity index (χ0) is 7.26. The number of fused-ring (bicyclic) bond motifs is 3. The fourth-order valence-corrected chi connectivity index (χ4v) is 3.69. The Kier molecular flexibility index (Phi) is 1.31. The monoisotopic (exact) mass is 151 g/mol. The first-order chi connectivity index (χ1) is 5.45. The maximum atomic E-state index is 3.81. The van der Waals surface area contributed by atoms with E-state index in [2.05, 4.69) is 5.32 Å². The summed E-state index contributed by atoms with van der Waals surface area (Å²) in [5.41, 5.74) is 0. The molecule has 2 unspecified atom stereocenters. The van der Waals surface area contributed by atoms with Crippen LogP contribution in [0.15, 0.2) is 0 Å². The molecule has 3 rings (SSSR count). The van der Waals surface area contributed by atoms with Gasteiger partial charge in [0.2, 0.25) is 0 Å². The third kappa shape index (κ3) is 0.807. The van der Waals surface area contributed by atoms with E-state index < -0.39 is 0 Å². The molecule has 4 atom stereocenters. The molecule has 2 aliphatic carbocycles. The van der Waals surface area contributed by atoms with Crippen molar-refractivity contribution in [3.8, 4) is 0 Å². The van der Waals surface area contributed by atoms with Gasteiger partial charge in [-0.15, -0.1) is 0 Å². The van der Waals surface area contributed by atoms with Gasteiger partial charge in [0.05, 0.1) is 0 Å². The van der Waals surface area contributed by atoms with Gasteiger partial charge in [-0.2, -0.15) is 0 Å². The Bertz CT molecular complexity index is 148. The Morgan fingerprint density at radius 2 is 1.27 bits per heavy atom. The molecule has 1 saturated heterocycles. The van der Waals surface area contributed by atoms with Crippen LogP contribution in [0, 0.1) is 11.8 Å². The first-order valence-corrected chi connectivity index (χ1v) is 5.21. The minimum Gasteiger partial charge on any atom is -0.311 e. The maximum absolute atomic E-state index is 3.81. The molecule has 1 N–H and O–H groups in total. The van der Waals surface area contributed by atoms with Crippen molar-refractivity contribution in [2.45, 2.75) is 50.6 Å². The van der Waals surface area contributed by atoms with Gasteiger partial charge in [-0.25, -0.2) is 0 Å². The molecule has 0 radical (unpaired) electrons. The molecule has 0 amide bonds.